The Morgan fingerprint density at radius 3 is 2.54 bits per heavy atom. The van der Waals surface area contributed by atoms with Gasteiger partial charge in [0.1, 0.15) is 0 Å². The van der Waals surface area contributed by atoms with Gasteiger partial charge < -0.3 is 15.0 Å². The molecule has 1 atom stereocenters. The van der Waals surface area contributed by atoms with Crippen LogP contribution >= 0.6 is 23.2 Å². The SMILES string of the molecule is COCCCNC(=O)C(C)N1CCN(C(=O)c2ccc(Cl)cc2Cl)CC1. The van der Waals surface area contributed by atoms with Crippen LogP contribution in [0.2, 0.25) is 10.0 Å². The van der Waals surface area contributed by atoms with Crippen LogP contribution < -0.4 is 5.32 Å². The van der Waals surface area contributed by atoms with Gasteiger partial charge in [-0.25, -0.2) is 0 Å². The summed E-state index contributed by atoms with van der Waals surface area (Å²) >= 11 is 12.0. The molecule has 0 aliphatic carbocycles. The number of ether oxygens (including phenoxy) is 1. The predicted octanol–water partition coefficient (Wildman–Crippen LogP) is 2.29. The highest BCUT2D eigenvalue weighted by molar-refractivity contribution is 6.36. The molecular formula is C18H25Cl2N3O3. The number of carbonyl (C=O) groups is 2. The molecule has 1 aromatic rings. The molecule has 144 valence electrons. The van der Waals surface area contributed by atoms with E-state index >= 15 is 0 Å². The second-order valence-corrected chi connectivity index (χ2v) is 7.11. The summed E-state index contributed by atoms with van der Waals surface area (Å²) in [6.45, 7) is 5.51. The Bertz CT molecular complexity index is 634. The molecular weight excluding hydrogens is 377 g/mol. The monoisotopic (exact) mass is 401 g/mol. The molecule has 1 fully saturated rings. The van der Waals surface area contributed by atoms with Crippen LogP contribution in [0.4, 0.5) is 0 Å². The summed E-state index contributed by atoms with van der Waals surface area (Å²) in [4.78, 5) is 28.7. The highest BCUT2D eigenvalue weighted by atomic mass is 35.5. The van der Waals surface area contributed by atoms with Crippen molar-refractivity contribution < 1.29 is 14.3 Å². The largest absolute Gasteiger partial charge is 0.385 e. The minimum Gasteiger partial charge on any atom is -0.385 e. The Balaban J connectivity index is 1.84. The number of benzene rings is 1. The van der Waals surface area contributed by atoms with Gasteiger partial charge in [-0.05, 0) is 31.5 Å². The molecule has 1 unspecified atom stereocenters. The normalized spacial score (nSPS) is 16.4. The van der Waals surface area contributed by atoms with Crippen molar-refractivity contribution >= 4 is 35.0 Å². The molecule has 2 amide bonds. The van der Waals surface area contributed by atoms with E-state index in [1.54, 1.807) is 30.2 Å². The van der Waals surface area contributed by atoms with Gasteiger partial charge in [0.15, 0.2) is 0 Å². The standard InChI is InChI=1S/C18H25Cl2N3O3/c1-13(17(24)21-6-3-11-26-2)22-7-9-23(10-8-22)18(25)15-5-4-14(19)12-16(15)20/h4-5,12-13H,3,6-11H2,1-2H3,(H,21,24). The average molecular weight is 402 g/mol. The zero-order valence-corrected chi connectivity index (χ0v) is 16.6. The first kappa shape index (κ1) is 21.0. The quantitative estimate of drug-likeness (QED) is 0.711. The summed E-state index contributed by atoms with van der Waals surface area (Å²) in [7, 11) is 1.64. The highest BCUT2D eigenvalue weighted by Gasteiger charge is 2.28. The third-order valence-corrected chi connectivity index (χ3v) is 5.06. The first-order valence-electron chi connectivity index (χ1n) is 8.69. The van der Waals surface area contributed by atoms with Gasteiger partial charge in [0.25, 0.3) is 5.91 Å². The van der Waals surface area contributed by atoms with Crippen LogP contribution in [-0.4, -0.2) is 74.1 Å². The Labute approximate surface area is 164 Å². The van der Waals surface area contributed by atoms with Gasteiger partial charge in [0, 0.05) is 51.5 Å². The second-order valence-electron chi connectivity index (χ2n) is 6.27. The Morgan fingerprint density at radius 1 is 1.23 bits per heavy atom. The lowest BCUT2D eigenvalue weighted by Gasteiger charge is -2.37. The molecule has 1 aliphatic rings. The molecule has 8 heteroatoms. The molecule has 0 aromatic heterocycles. The molecule has 0 bridgehead atoms. The summed E-state index contributed by atoms with van der Waals surface area (Å²) < 4.78 is 4.97. The van der Waals surface area contributed by atoms with E-state index in [-0.39, 0.29) is 17.9 Å². The number of amides is 2. The molecule has 1 N–H and O–H groups in total. The van der Waals surface area contributed by atoms with Crippen molar-refractivity contribution in [2.75, 3.05) is 46.4 Å². The number of piperazine rings is 1. The van der Waals surface area contributed by atoms with Crippen LogP contribution in [0.25, 0.3) is 0 Å². The third-order valence-electron chi connectivity index (χ3n) is 4.51. The molecule has 2 rings (SSSR count). The summed E-state index contributed by atoms with van der Waals surface area (Å²) in [5.41, 5.74) is 0.452. The predicted molar refractivity (Wildman–Crippen MR) is 103 cm³/mol. The molecule has 0 spiro atoms. The van der Waals surface area contributed by atoms with Crippen LogP contribution in [0.1, 0.15) is 23.7 Å². The lowest BCUT2D eigenvalue weighted by atomic mass is 10.1. The van der Waals surface area contributed by atoms with Gasteiger partial charge >= 0.3 is 0 Å². The van der Waals surface area contributed by atoms with E-state index in [1.165, 1.54) is 0 Å². The number of hydrogen-bond donors (Lipinski definition) is 1. The summed E-state index contributed by atoms with van der Waals surface area (Å²) in [6, 6.07) is 4.65. The van der Waals surface area contributed by atoms with Crippen molar-refractivity contribution in [2.45, 2.75) is 19.4 Å². The third kappa shape index (κ3) is 5.58. The van der Waals surface area contributed by atoms with E-state index in [4.69, 9.17) is 27.9 Å². The van der Waals surface area contributed by atoms with E-state index in [2.05, 4.69) is 10.2 Å². The van der Waals surface area contributed by atoms with E-state index < -0.39 is 0 Å². The smallest absolute Gasteiger partial charge is 0.255 e. The molecule has 1 aliphatic heterocycles. The van der Waals surface area contributed by atoms with Crippen LogP contribution in [-0.2, 0) is 9.53 Å². The minimum absolute atomic E-state index is 0.00150. The number of nitrogens with zero attached hydrogens (tertiary/aromatic N) is 2. The fourth-order valence-electron chi connectivity index (χ4n) is 2.89. The van der Waals surface area contributed by atoms with Crippen LogP contribution in [0.3, 0.4) is 0 Å². The van der Waals surface area contributed by atoms with Gasteiger partial charge in [-0.1, -0.05) is 23.2 Å². The van der Waals surface area contributed by atoms with E-state index in [0.29, 0.717) is 54.9 Å². The first-order chi connectivity index (χ1) is 12.4. The van der Waals surface area contributed by atoms with Gasteiger partial charge in [0.05, 0.1) is 16.6 Å². The van der Waals surface area contributed by atoms with Gasteiger partial charge in [-0.2, -0.15) is 0 Å². The number of halogens is 2. The first-order valence-corrected chi connectivity index (χ1v) is 9.44. The summed E-state index contributed by atoms with van der Waals surface area (Å²) in [5, 5.41) is 3.77. The van der Waals surface area contributed by atoms with Gasteiger partial charge in [-0.15, -0.1) is 0 Å². The molecule has 6 nitrogen and oxygen atoms in total. The van der Waals surface area contributed by atoms with Crippen LogP contribution in [0, 0.1) is 0 Å². The van der Waals surface area contributed by atoms with Crippen molar-refractivity contribution in [1.29, 1.82) is 0 Å². The zero-order chi connectivity index (χ0) is 19.1. The van der Waals surface area contributed by atoms with Gasteiger partial charge in [0.2, 0.25) is 5.91 Å². The molecule has 0 saturated carbocycles. The minimum atomic E-state index is -0.228. The number of methoxy groups -OCH3 is 1. The summed E-state index contributed by atoms with van der Waals surface area (Å²) in [6.07, 6.45) is 0.791. The van der Waals surface area contributed by atoms with Crippen LogP contribution in [0.15, 0.2) is 18.2 Å². The number of rotatable bonds is 7. The molecule has 1 heterocycles. The maximum Gasteiger partial charge on any atom is 0.255 e. The molecule has 26 heavy (non-hydrogen) atoms. The Morgan fingerprint density at radius 2 is 1.92 bits per heavy atom. The lowest BCUT2D eigenvalue weighted by molar-refractivity contribution is -0.126. The topological polar surface area (TPSA) is 61.9 Å². The lowest BCUT2D eigenvalue weighted by Crippen LogP contribution is -2.55. The van der Waals surface area contributed by atoms with E-state index in [9.17, 15) is 9.59 Å². The fraction of sp³-hybridized carbons (Fsp3) is 0.556. The maximum atomic E-state index is 12.6. The number of hydrogen-bond acceptors (Lipinski definition) is 4. The van der Waals surface area contributed by atoms with Crippen molar-refractivity contribution in [1.82, 2.24) is 15.1 Å². The molecule has 0 radical (unpaired) electrons. The Kier molecular flexibility index (Phi) is 8.15. The fourth-order valence-corrected chi connectivity index (χ4v) is 3.38. The average Bonchev–Trinajstić information content (AvgIpc) is 2.64. The second kappa shape index (κ2) is 10.1. The summed E-state index contributed by atoms with van der Waals surface area (Å²) in [5.74, 6) is -0.107. The zero-order valence-electron chi connectivity index (χ0n) is 15.1. The number of nitrogens with one attached hydrogen (secondary N) is 1. The van der Waals surface area contributed by atoms with E-state index in [0.717, 1.165) is 6.42 Å². The van der Waals surface area contributed by atoms with E-state index in [1.807, 2.05) is 6.92 Å². The van der Waals surface area contributed by atoms with Crippen LogP contribution in [0.5, 0.6) is 0 Å². The Hall–Kier alpha value is -1.34. The van der Waals surface area contributed by atoms with Crippen molar-refractivity contribution in [3.05, 3.63) is 33.8 Å². The highest BCUT2D eigenvalue weighted by Crippen LogP contribution is 2.23. The van der Waals surface area contributed by atoms with Crippen molar-refractivity contribution in [3.8, 4) is 0 Å². The van der Waals surface area contributed by atoms with Gasteiger partial charge in [-0.3, -0.25) is 14.5 Å². The molecule has 1 saturated heterocycles. The number of carbonyl (C=O) groups excluding carboxylic acids is 2. The van der Waals surface area contributed by atoms with Crippen molar-refractivity contribution in [3.63, 3.8) is 0 Å². The molecule has 1 aromatic carbocycles. The maximum absolute atomic E-state index is 12.6. The van der Waals surface area contributed by atoms with Crippen molar-refractivity contribution in [2.24, 2.45) is 0 Å².